The smallest absolute Gasteiger partial charge is 0.407 e. The number of ether oxygens (including phenoxy) is 7. The highest BCUT2D eigenvalue weighted by Gasteiger charge is 2.37. The molecular formula is C57H80N6O17S2. The van der Waals surface area contributed by atoms with E-state index in [-0.39, 0.29) is 92.3 Å². The molecule has 0 unspecified atom stereocenters. The first-order chi connectivity index (χ1) is 39.1. The zero-order valence-corrected chi connectivity index (χ0v) is 48.9. The van der Waals surface area contributed by atoms with Crippen LogP contribution in [0.3, 0.4) is 0 Å². The number of non-ortho nitro benzene ring substituents is 1. The minimum Gasteiger partial charge on any atom is -0.457 e. The molecule has 452 valence electrons. The third kappa shape index (κ3) is 22.5. The zero-order chi connectivity index (χ0) is 59.7. The van der Waals surface area contributed by atoms with Crippen LogP contribution in [0.5, 0.6) is 0 Å². The molecule has 25 heteroatoms. The molecule has 0 aliphatic carbocycles. The van der Waals surface area contributed by atoms with Crippen molar-refractivity contribution < 1.29 is 74.4 Å². The number of nitrogens with one attached hydrogen (secondary N) is 2. The lowest BCUT2D eigenvalue weighted by atomic mass is 10.0. The molecule has 2 aliphatic heterocycles. The molecular weight excluding hydrogens is 1100 g/mol. The molecule has 0 spiro atoms. The average Bonchev–Trinajstić information content (AvgIpc) is 4.13. The highest BCUT2D eigenvalue weighted by molar-refractivity contribution is 7.89. The van der Waals surface area contributed by atoms with Gasteiger partial charge in [0.25, 0.3) is 5.69 Å². The SMILES string of the molecule is CC(C)CN(C[C@@H](O)[C@H](Cc1ccccc1)NC(=O)O[C@H]1CCOC1)S(=O)(=O)c1ccc([N+](=O)[O-])cc1.CCCOCCOCC(=O)O[C@H](CN(CC(C)C)S(=O)(=O)c1ccc(N)cc1)[C@H](Cc1ccccc1)NC(=O)O[C@H]1CCOC1. The lowest BCUT2D eigenvalue weighted by Crippen LogP contribution is -2.53. The van der Waals surface area contributed by atoms with Crippen LogP contribution in [0.4, 0.5) is 21.0 Å². The van der Waals surface area contributed by atoms with Crippen molar-refractivity contribution in [3.63, 3.8) is 0 Å². The fourth-order valence-corrected chi connectivity index (χ4v) is 12.0. The molecule has 6 atom stereocenters. The summed E-state index contributed by atoms with van der Waals surface area (Å²) in [6.45, 7) is 11.4. The number of esters is 1. The first-order valence-corrected chi connectivity index (χ1v) is 30.3. The van der Waals surface area contributed by atoms with Crippen LogP contribution in [0.1, 0.15) is 65.0 Å². The second kappa shape index (κ2) is 33.7. The number of amides is 2. The van der Waals surface area contributed by atoms with E-state index in [4.69, 9.17) is 38.9 Å². The maximum atomic E-state index is 13.9. The Balaban J connectivity index is 0.000000306. The maximum absolute atomic E-state index is 13.9. The molecule has 4 aromatic rings. The van der Waals surface area contributed by atoms with Crippen molar-refractivity contribution in [2.75, 3.05) is 84.8 Å². The summed E-state index contributed by atoms with van der Waals surface area (Å²) in [7, 11) is -8.15. The molecule has 0 aromatic heterocycles. The number of carbonyl (C=O) groups is 3. The third-order valence-corrected chi connectivity index (χ3v) is 16.5. The van der Waals surface area contributed by atoms with E-state index in [1.807, 2.05) is 95.3 Å². The second-order valence-corrected chi connectivity index (χ2v) is 24.6. The summed E-state index contributed by atoms with van der Waals surface area (Å²) in [4.78, 5) is 49.1. The number of nitro groups is 1. The molecule has 2 saturated heterocycles. The molecule has 2 aliphatic rings. The van der Waals surface area contributed by atoms with Crippen molar-refractivity contribution in [1.29, 1.82) is 0 Å². The highest BCUT2D eigenvalue weighted by Crippen LogP contribution is 2.24. The van der Waals surface area contributed by atoms with Gasteiger partial charge in [-0.2, -0.15) is 8.61 Å². The number of alkyl carbamates (subject to hydrolysis) is 2. The zero-order valence-electron chi connectivity index (χ0n) is 47.2. The largest absolute Gasteiger partial charge is 0.457 e. The third-order valence-electron chi connectivity index (χ3n) is 12.8. The number of hydrogen-bond acceptors (Lipinski definition) is 18. The van der Waals surface area contributed by atoms with Crippen molar-refractivity contribution in [2.45, 2.75) is 113 Å². The molecule has 2 amide bonds. The van der Waals surface area contributed by atoms with Gasteiger partial charge in [-0.1, -0.05) is 95.3 Å². The van der Waals surface area contributed by atoms with Gasteiger partial charge in [0, 0.05) is 56.9 Å². The van der Waals surface area contributed by atoms with Crippen LogP contribution < -0.4 is 16.4 Å². The molecule has 0 saturated carbocycles. The quantitative estimate of drug-likeness (QED) is 0.0110. The van der Waals surface area contributed by atoms with Gasteiger partial charge in [0.1, 0.15) is 24.9 Å². The number of sulfonamides is 2. The van der Waals surface area contributed by atoms with Crippen LogP contribution in [0.2, 0.25) is 0 Å². The van der Waals surface area contributed by atoms with Crippen LogP contribution in [0.15, 0.2) is 119 Å². The Bertz CT molecular complexity index is 2790. The molecule has 6 rings (SSSR count). The molecule has 0 bridgehead atoms. The van der Waals surface area contributed by atoms with Gasteiger partial charge in [-0.05, 0) is 78.6 Å². The number of anilines is 1. The highest BCUT2D eigenvalue weighted by atomic mass is 32.2. The number of nitro benzene ring substituents is 1. The van der Waals surface area contributed by atoms with E-state index in [0.29, 0.717) is 51.6 Å². The number of nitrogen functional groups attached to an aromatic ring is 1. The van der Waals surface area contributed by atoms with E-state index in [1.165, 1.54) is 40.7 Å². The average molecular weight is 1190 g/mol. The predicted octanol–water partition coefficient (Wildman–Crippen LogP) is 6.13. The first-order valence-electron chi connectivity index (χ1n) is 27.4. The molecule has 23 nitrogen and oxygen atoms in total. The Hall–Kier alpha value is -6.29. The standard InChI is InChI=1S/C32H47N3O9S.C25H33N3O8S/c1-4-15-40-17-18-42-23-31(36)44-30(21-35(20-24(2)3)45(38,39)28-12-10-26(33)11-13-28)29(19-25-8-6-5-7-9-25)34-32(37)43-27-14-16-41-22-27;1-18(2)15-27(37(33,34)22-10-8-20(9-11-22)28(31)32)16-24(29)23(14-19-6-4-3-5-7-19)26-25(30)36-21-12-13-35-17-21/h5-13,24,27,29-30H,4,14-23,33H2,1-3H3,(H,34,37);3-11,18,21,23-24,29H,12-17H2,1-2H3,(H,26,30)/t27-,29-,30+;21-,23-,24+/m00/s1. The van der Waals surface area contributed by atoms with Crippen molar-refractivity contribution >= 4 is 49.6 Å². The van der Waals surface area contributed by atoms with Gasteiger partial charge in [0.15, 0.2) is 0 Å². The summed E-state index contributed by atoms with van der Waals surface area (Å²) < 4.78 is 95.4. The number of rotatable bonds is 31. The number of benzene rings is 4. The van der Waals surface area contributed by atoms with Gasteiger partial charge in [-0.3, -0.25) is 10.1 Å². The summed E-state index contributed by atoms with van der Waals surface area (Å²) >= 11 is 0. The number of carbonyl (C=O) groups excluding carboxylic acids is 3. The molecule has 2 fully saturated rings. The summed E-state index contributed by atoms with van der Waals surface area (Å²) in [5.41, 5.74) is 7.68. The topological polar surface area (TPSA) is 304 Å². The van der Waals surface area contributed by atoms with E-state index < -0.39 is 73.5 Å². The van der Waals surface area contributed by atoms with Gasteiger partial charge in [0.2, 0.25) is 20.0 Å². The fourth-order valence-electron chi connectivity index (χ4n) is 8.72. The number of aliphatic hydroxyl groups excluding tert-OH is 1. The van der Waals surface area contributed by atoms with Crippen LogP contribution >= 0.6 is 0 Å². The first kappa shape index (κ1) is 66.5. The number of aliphatic hydroxyl groups is 1. The second-order valence-electron chi connectivity index (χ2n) is 20.7. The fraction of sp³-hybridized carbons (Fsp3) is 0.526. The van der Waals surface area contributed by atoms with Crippen LogP contribution in [0.25, 0.3) is 0 Å². The van der Waals surface area contributed by atoms with Gasteiger partial charge >= 0.3 is 18.2 Å². The lowest BCUT2D eigenvalue weighted by molar-refractivity contribution is -0.384. The molecule has 82 heavy (non-hydrogen) atoms. The van der Waals surface area contributed by atoms with E-state index in [9.17, 15) is 46.4 Å². The summed E-state index contributed by atoms with van der Waals surface area (Å²) in [5, 5.41) is 27.7. The number of nitrogens with zero attached hydrogens (tertiary/aromatic N) is 3. The van der Waals surface area contributed by atoms with Crippen LogP contribution in [-0.2, 0) is 70.8 Å². The van der Waals surface area contributed by atoms with Crippen molar-refractivity contribution in [1.82, 2.24) is 19.2 Å². The van der Waals surface area contributed by atoms with Gasteiger partial charge < -0.3 is 54.6 Å². The summed E-state index contributed by atoms with van der Waals surface area (Å²) in [6.07, 6.45) is -2.12. The van der Waals surface area contributed by atoms with Gasteiger partial charge in [0.05, 0.1) is 79.1 Å². The monoisotopic (exact) mass is 1180 g/mol. The van der Waals surface area contributed by atoms with Gasteiger partial charge in [-0.15, -0.1) is 0 Å². The Morgan fingerprint density at radius 2 is 1.13 bits per heavy atom. The van der Waals surface area contributed by atoms with E-state index in [0.717, 1.165) is 34.0 Å². The number of nitrogens with two attached hydrogens (primary N) is 1. The Morgan fingerprint density at radius 1 is 0.671 bits per heavy atom. The van der Waals surface area contributed by atoms with E-state index in [2.05, 4.69) is 10.6 Å². The normalized spacial score (nSPS) is 16.9. The molecule has 5 N–H and O–H groups in total. The van der Waals surface area contributed by atoms with Crippen molar-refractivity contribution in [3.05, 3.63) is 130 Å². The summed E-state index contributed by atoms with van der Waals surface area (Å²) in [6, 6.07) is 27.3. The van der Waals surface area contributed by atoms with Crippen LogP contribution in [0, 0.1) is 22.0 Å². The van der Waals surface area contributed by atoms with Crippen LogP contribution in [-0.4, -0.2) is 169 Å². The maximum Gasteiger partial charge on any atom is 0.407 e. The van der Waals surface area contributed by atoms with Crippen molar-refractivity contribution in [3.8, 4) is 0 Å². The Labute approximate surface area is 481 Å². The Morgan fingerprint density at radius 3 is 1.60 bits per heavy atom. The molecule has 0 radical (unpaired) electrons. The minimum atomic E-state index is -4.10. The van der Waals surface area contributed by atoms with Crippen molar-refractivity contribution in [2.24, 2.45) is 11.8 Å². The van der Waals surface area contributed by atoms with E-state index in [1.54, 1.807) is 0 Å². The minimum absolute atomic E-state index is 0.0473. The lowest BCUT2D eigenvalue weighted by Gasteiger charge is -2.33. The molecule has 2 heterocycles. The Kier molecular flexibility index (Phi) is 27.4. The number of hydrogen-bond donors (Lipinski definition) is 4. The summed E-state index contributed by atoms with van der Waals surface area (Å²) in [5.74, 6) is -0.848. The van der Waals surface area contributed by atoms with E-state index >= 15 is 0 Å². The van der Waals surface area contributed by atoms with Gasteiger partial charge in [-0.25, -0.2) is 31.2 Å². The molecule has 4 aromatic carbocycles. The predicted molar refractivity (Wildman–Crippen MR) is 305 cm³/mol.